The van der Waals surface area contributed by atoms with Gasteiger partial charge in [-0.25, -0.2) is 4.68 Å². The van der Waals surface area contributed by atoms with Crippen LogP contribution in [0.15, 0.2) is 0 Å². The largest absolute Gasteiger partial charge is 0.381 e. The summed E-state index contributed by atoms with van der Waals surface area (Å²) in [6.07, 6.45) is 0. The van der Waals surface area contributed by atoms with Crippen LogP contribution in [-0.2, 0) is 0 Å². The lowest BCUT2D eigenvalue weighted by atomic mass is 10.5. The first-order valence-electron chi connectivity index (χ1n) is 2.82. The average molecular weight is 182 g/mol. The number of nitrogens with zero attached hydrogens (tertiary/aromatic N) is 2. The lowest BCUT2D eigenvalue weighted by Gasteiger charge is -1.99. The molecule has 0 amide bonds. The molecule has 1 aromatic heterocycles. The standard InChI is InChI=1S/C5H6ClF2N3/c1-2-3(6)4(9)10-11(2)5(7)8/h5H,1H3,(H2,9,10). The van der Waals surface area contributed by atoms with Crippen molar-refractivity contribution in [3.63, 3.8) is 0 Å². The predicted molar refractivity (Wildman–Crippen MR) is 37.6 cm³/mol. The minimum atomic E-state index is -2.69. The average Bonchev–Trinajstić information content (AvgIpc) is 2.17. The van der Waals surface area contributed by atoms with E-state index < -0.39 is 6.55 Å². The number of rotatable bonds is 1. The van der Waals surface area contributed by atoms with Gasteiger partial charge in [0.05, 0.1) is 5.69 Å². The third-order valence-electron chi connectivity index (χ3n) is 1.29. The van der Waals surface area contributed by atoms with Crippen LogP contribution in [0.3, 0.4) is 0 Å². The summed E-state index contributed by atoms with van der Waals surface area (Å²) >= 11 is 5.50. The Bertz CT molecular complexity index is 271. The van der Waals surface area contributed by atoms with Crippen LogP contribution in [0, 0.1) is 6.92 Å². The van der Waals surface area contributed by atoms with Gasteiger partial charge in [-0.15, -0.1) is 5.10 Å². The molecule has 0 aliphatic rings. The molecule has 6 heteroatoms. The summed E-state index contributed by atoms with van der Waals surface area (Å²) in [5.41, 5.74) is 5.36. The second kappa shape index (κ2) is 2.65. The Morgan fingerprint density at radius 3 is 2.36 bits per heavy atom. The molecular weight excluding hydrogens is 176 g/mol. The van der Waals surface area contributed by atoms with Crippen molar-refractivity contribution in [1.29, 1.82) is 0 Å². The monoisotopic (exact) mass is 181 g/mol. The first kappa shape index (κ1) is 8.26. The fraction of sp³-hybridized carbons (Fsp3) is 0.400. The molecule has 0 aliphatic carbocycles. The highest BCUT2D eigenvalue weighted by Crippen LogP contribution is 2.25. The highest BCUT2D eigenvalue weighted by molar-refractivity contribution is 6.33. The minimum Gasteiger partial charge on any atom is -0.381 e. The van der Waals surface area contributed by atoms with Gasteiger partial charge in [-0.1, -0.05) is 11.6 Å². The molecule has 0 saturated heterocycles. The Kier molecular flexibility index (Phi) is 1.99. The summed E-state index contributed by atoms with van der Waals surface area (Å²) in [6.45, 7) is -1.26. The number of aromatic nitrogens is 2. The molecule has 1 rings (SSSR count). The van der Waals surface area contributed by atoms with Gasteiger partial charge in [0, 0.05) is 0 Å². The fourth-order valence-corrected chi connectivity index (χ4v) is 0.835. The molecule has 0 spiro atoms. The Morgan fingerprint density at radius 1 is 1.64 bits per heavy atom. The van der Waals surface area contributed by atoms with E-state index in [0.29, 0.717) is 4.68 Å². The number of hydrogen-bond donors (Lipinski definition) is 1. The molecular formula is C5H6ClF2N3. The van der Waals surface area contributed by atoms with Gasteiger partial charge < -0.3 is 5.73 Å². The van der Waals surface area contributed by atoms with Crippen molar-refractivity contribution < 1.29 is 8.78 Å². The van der Waals surface area contributed by atoms with Gasteiger partial charge in [-0.05, 0) is 6.92 Å². The Balaban J connectivity index is 3.19. The van der Waals surface area contributed by atoms with E-state index in [1.807, 2.05) is 0 Å². The van der Waals surface area contributed by atoms with E-state index in [2.05, 4.69) is 5.10 Å². The van der Waals surface area contributed by atoms with E-state index in [-0.39, 0.29) is 16.5 Å². The highest BCUT2D eigenvalue weighted by atomic mass is 35.5. The molecule has 0 aromatic carbocycles. The van der Waals surface area contributed by atoms with Gasteiger partial charge in [-0.3, -0.25) is 0 Å². The second-order valence-corrected chi connectivity index (χ2v) is 2.38. The lowest BCUT2D eigenvalue weighted by molar-refractivity contribution is 0.0547. The van der Waals surface area contributed by atoms with Crippen molar-refractivity contribution in [3.8, 4) is 0 Å². The molecule has 3 nitrogen and oxygen atoms in total. The normalized spacial score (nSPS) is 11.0. The summed E-state index contributed by atoms with van der Waals surface area (Å²) in [5.74, 6) is -0.0653. The molecule has 0 aliphatic heterocycles. The Hall–Kier alpha value is -0.840. The number of anilines is 1. The maximum Gasteiger partial charge on any atom is 0.333 e. The number of halogens is 3. The third-order valence-corrected chi connectivity index (χ3v) is 1.75. The van der Waals surface area contributed by atoms with Gasteiger partial charge in [-0.2, -0.15) is 8.78 Å². The van der Waals surface area contributed by atoms with Gasteiger partial charge in [0.25, 0.3) is 0 Å². The molecule has 62 valence electrons. The van der Waals surface area contributed by atoms with Gasteiger partial charge >= 0.3 is 6.55 Å². The zero-order valence-corrected chi connectivity index (χ0v) is 6.44. The molecule has 2 N–H and O–H groups in total. The van der Waals surface area contributed by atoms with E-state index in [1.54, 1.807) is 0 Å². The molecule has 0 unspecified atom stereocenters. The van der Waals surface area contributed by atoms with Crippen molar-refractivity contribution >= 4 is 17.4 Å². The molecule has 0 saturated carbocycles. The maximum atomic E-state index is 12.0. The Labute approximate surface area is 66.7 Å². The van der Waals surface area contributed by atoms with Crippen molar-refractivity contribution in [1.82, 2.24) is 9.78 Å². The van der Waals surface area contributed by atoms with Gasteiger partial charge in [0.1, 0.15) is 5.02 Å². The summed E-state index contributed by atoms with van der Waals surface area (Å²) in [4.78, 5) is 0. The number of alkyl halides is 2. The number of hydrogen-bond acceptors (Lipinski definition) is 2. The first-order valence-corrected chi connectivity index (χ1v) is 3.20. The van der Waals surface area contributed by atoms with Crippen LogP contribution in [0.1, 0.15) is 12.2 Å². The topological polar surface area (TPSA) is 43.8 Å². The van der Waals surface area contributed by atoms with Crippen molar-refractivity contribution in [2.75, 3.05) is 5.73 Å². The molecule has 0 bridgehead atoms. The van der Waals surface area contributed by atoms with Crippen LogP contribution in [-0.4, -0.2) is 9.78 Å². The zero-order valence-electron chi connectivity index (χ0n) is 5.68. The maximum absolute atomic E-state index is 12.0. The molecule has 1 aromatic rings. The van der Waals surface area contributed by atoms with Crippen LogP contribution >= 0.6 is 11.6 Å². The van der Waals surface area contributed by atoms with Gasteiger partial charge in [0.2, 0.25) is 0 Å². The van der Waals surface area contributed by atoms with Crippen LogP contribution < -0.4 is 5.73 Å². The quantitative estimate of drug-likeness (QED) is 0.718. The highest BCUT2D eigenvalue weighted by Gasteiger charge is 2.15. The van der Waals surface area contributed by atoms with Crippen LogP contribution in [0.5, 0.6) is 0 Å². The summed E-state index contributed by atoms with van der Waals surface area (Å²) in [5, 5.41) is 3.41. The molecule has 11 heavy (non-hydrogen) atoms. The number of nitrogen functional groups attached to an aromatic ring is 1. The summed E-state index contributed by atoms with van der Waals surface area (Å²) < 4.78 is 24.5. The van der Waals surface area contributed by atoms with Crippen LogP contribution in [0.25, 0.3) is 0 Å². The van der Waals surface area contributed by atoms with E-state index in [9.17, 15) is 8.78 Å². The molecule has 1 heterocycles. The van der Waals surface area contributed by atoms with E-state index in [4.69, 9.17) is 17.3 Å². The van der Waals surface area contributed by atoms with E-state index in [0.717, 1.165) is 0 Å². The summed E-state index contributed by atoms with van der Waals surface area (Å²) in [7, 11) is 0. The van der Waals surface area contributed by atoms with Crippen molar-refractivity contribution in [2.45, 2.75) is 13.5 Å². The van der Waals surface area contributed by atoms with Crippen molar-refractivity contribution in [2.24, 2.45) is 0 Å². The second-order valence-electron chi connectivity index (χ2n) is 2.01. The zero-order chi connectivity index (χ0) is 8.59. The molecule has 0 radical (unpaired) electrons. The van der Waals surface area contributed by atoms with Gasteiger partial charge in [0.15, 0.2) is 5.82 Å². The van der Waals surface area contributed by atoms with E-state index in [1.165, 1.54) is 6.92 Å². The Morgan fingerprint density at radius 2 is 2.18 bits per heavy atom. The predicted octanol–water partition coefficient (Wildman–Crippen LogP) is 1.82. The van der Waals surface area contributed by atoms with Crippen LogP contribution in [0.4, 0.5) is 14.6 Å². The smallest absolute Gasteiger partial charge is 0.333 e. The van der Waals surface area contributed by atoms with Crippen molar-refractivity contribution in [3.05, 3.63) is 10.7 Å². The third kappa shape index (κ3) is 1.28. The minimum absolute atomic E-state index is 0.0653. The number of nitrogens with two attached hydrogens (primary N) is 1. The molecule has 0 fully saturated rings. The first-order chi connectivity index (χ1) is 5.04. The summed E-state index contributed by atoms with van der Waals surface area (Å²) in [6, 6.07) is 0. The lowest BCUT2D eigenvalue weighted by Crippen LogP contribution is -2.02. The molecule has 0 atom stereocenters. The van der Waals surface area contributed by atoms with E-state index >= 15 is 0 Å². The van der Waals surface area contributed by atoms with Crippen LogP contribution in [0.2, 0.25) is 5.02 Å². The fourth-order valence-electron chi connectivity index (χ4n) is 0.711. The SMILES string of the molecule is Cc1c(Cl)c(N)nn1C(F)F.